The highest BCUT2D eigenvalue weighted by Crippen LogP contribution is 2.40. The zero-order valence-corrected chi connectivity index (χ0v) is 21.7. The Bertz CT molecular complexity index is 1540. The molecule has 2 aliphatic heterocycles. The van der Waals surface area contributed by atoms with Gasteiger partial charge in [-0.15, -0.1) is 0 Å². The zero-order chi connectivity index (χ0) is 31.3. The first-order valence-corrected chi connectivity index (χ1v) is 12.7. The molecule has 2 aromatic carbocycles. The Morgan fingerprint density at radius 1 is 0.698 bits per heavy atom. The van der Waals surface area contributed by atoms with Gasteiger partial charge in [0.25, 0.3) is 0 Å². The van der Waals surface area contributed by atoms with Crippen molar-refractivity contribution < 1.29 is 79.5 Å². The number of aliphatic hydroxyl groups excluding tert-OH is 8. The van der Waals surface area contributed by atoms with E-state index < -0.39 is 108 Å². The van der Waals surface area contributed by atoms with Gasteiger partial charge in [-0.25, -0.2) is 0 Å². The summed E-state index contributed by atoms with van der Waals surface area (Å²) in [6.45, 7) is -0.735. The minimum Gasteiger partial charge on any atom is -0.507 e. The molecule has 0 bridgehead atoms. The first-order valence-electron chi connectivity index (χ1n) is 12.7. The van der Waals surface area contributed by atoms with Crippen molar-refractivity contribution >= 4 is 11.0 Å². The first kappa shape index (κ1) is 30.7. The van der Waals surface area contributed by atoms with E-state index in [2.05, 4.69) is 0 Å². The molecule has 0 unspecified atom stereocenters. The second-order valence-corrected chi connectivity index (χ2v) is 9.91. The van der Waals surface area contributed by atoms with Crippen LogP contribution in [0.3, 0.4) is 0 Å². The second-order valence-electron chi connectivity index (χ2n) is 9.91. The minimum atomic E-state index is -2.03. The smallest absolute Gasteiger partial charge is 0.239 e. The van der Waals surface area contributed by atoms with Gasteiger partial charge in [-0.3, -0.25) is 4.79 Å². The molecule has 3 heterocycles. The van der Waals surface area contributed by atoms with Crippen molar-refractivity contribution in [2.24, 2.45) is 0 Å². The molecule has 234 valence electrons. The summed E-state index contributed by atoms with van der Waals surface area (Å²) in [6, 6.07) is 5.20. The van der Waals surface area contributed by atoms with Gasteiger partial charge >= 0.3 is 0 Å². The van der Waals surface area contributed by atoms with Gasteiger partial charge in [0, 0.05) is 17.7 Å². The van der Waals surface area contributed by atoms with Gasteiger partial charge in [0.2, 0.25) is 23.8 Å². The van der Waals surface area contributed by atoms with Crippen LogP contribution < -0.4 is 14.9 Å². The van der Waals surface area contributed by atoms with Crippen molar-refractivity contribution in [2.75, 3.05) is 6.61 Å². The van der Waals surface area contributed by atoms with Crippen molar-refractivity contribution in [2.45, 2.75) is 61.6 Å². The number of fused-ring (bicyclic) bond motifs is 1. The molecule has 0 radical (unpaired) electrons. The average Bonchev–Trinajstić information content (AvgIpc) is 2.97. The van der Waals surface area contributed by atoms with Crippen LogP contribution in [0.15, 0.2) is 39.5 Å². The van der Waals surface area contributed by atoms with E-state index in [9.17, 15) is 61.0 Å². The molecular weight excluding hydrogens is 584 g/mol. The van der Waals surface area contributed by atoms with Crippen LogP contribution >= 0.6 is 0 Å². The maximum Gasteiger partial charge on any atom is 0.239 e. The zero-order valence-electron chi connectivity index (χ0n) is 21.7. The Balaban J connectivity index is 1.60. The maximum atomic E-state index is 13.7. The van der Waals surface area contributed by atoms with Gasteiger partial charge in [-0.1, -0.05) is 0 Å². The lowest BCUT2D eigenvalue weighted by atomic mass is 9.99. The van der Waals surface area contributed by atoms with Gasteiger partial charge in [0.05, 0.1) is 6.61 Å². The normalized spacial score (nSPS) is 32.9. The number of ether oxygens (including phenoxy) is 4. The highest BCUT2D eigenvalue weighted by molar-refractivity contribution is 5.88. The third-order valence-electron chi connectivity index (χ3n) is 7.02. The van der Waals surface area contributed by atoms with E-state index in [1.54, 1.807) is 0 Å². The van der Waals surface area contributed by atoms with Crippen LogP contribution in [-0.4, -0.2) is 124 Å². The van der Waals surface area contributed by atoms with Crippen LogP contribution in [0.5, 0.6) is 28.7 Å². The molecule has 0 saturated carbocycles. The van der Waals surface area contributed by atoms with Gasteiger partial charge < -0.3 is 79.5 Å². The highest BCUT2D eigenvalue weighted by atomic mass is 16.7. The quantitative estimate of drug-likeness (QED) is 0.123. The molecule has 0 spiro atoms. The van der Waals surface area contributed by atoms with Crippen LogP contribution in [0, 0.1) is 0 Å². The van der Waals surface area contributed by atoms with Gasteiger partial charge in [-0.05, 0) is 18.2 Å². The Labute approximate surface area is 239 Å². The number of aromatic hydroxyl groups is 3. The number of phenols is 3. The molecule has 5 rings (SSSR count). The Hall–Kier alpha value is -3.75. The standard InChI is InChI=1S/C26H28O17/c27-6-13-15(31)17(33)20(36)25(41-13)39-8-4-11(30)14-12(5-8)40-22(7-1-2-9(28)10(29)3-7)23(16(14)32)42-26-21(37)18(34)19(35)24(38)43-26/h1-5,13,15,17-21,24-31,33-38H,6H2/t13-,15-,17+,18-,19+,20-,21-,24-,25-,26+/m1/s1. The maximum absolute atomic E-state index is 13.7. The van der Waals surface area contributed by atoms with E-state index >= 15 is 0 Å². The molecule has 2 saturated heterocycles. The number of hydrogen-bond donors (Lipinski definition) is 11. The summed E-state index contributed by atoms with van der Waals surface area (Å²) in [5.41, 5.74) is -1.55. The summed E-state index contributed by atoms with van der Waals surface area (Å²) < 4.78 is 27.1. The second kappa shape index (κ2) is 11.7. The van der Waals surface area contributed by atoms with Crippen LogP contribution in [0.2, 0.25) is 0 Å². The number of phenolic OH excluding ortho intramolecular Hbond substituents is 3. The molecule has 43 heavy (non-hydrogen) atoms. The number of benzene rings is 2. The van der Waals surface area contributed by atoms with E-state index in [1.165, 1.54) is 6.07 Å². The minimum absolute atomic E-state index is 0.0875. The molecule has 2 fully saturated rings. The lowest BCUT2D eigenvalue weighted by Crippen LogP contribution is -2.60. The van der Waals surface area contributed by atoms with Crippen molar-refractivity contribution in [1.82, 2.24) is 0 Å². The molecule has 11 N–H and O–H groups in total. The van der Waals surface area contributed by atoms with Crippen LogP contribution in [0.1, 0.15) is 0 Å². The molecule has 0 amide bonds. The first-order chi connectivity index (χ1) is 20.3. The molecule has 3 aromatic rings. The third kappa shape index (κ3) is 5.54. The van der Waals surface area contributed by atoms with Crippen LogP contribution in [0.4, 0.5) is 0 Å². The van der Waals surface area contributed by atoms with E-state index in [-0.39, 0.29) is 16.9 Å². The summed E-state index contributed by atoms with van der Waals surface area (Å²) in [6.07, 6.45) is -18.1. The van der Waals surface area contributed by atoms with Gasteiger partial charge in [0.1, 0.15) is 65.2 Å². The van der Waals surface area contributed by atoms with E-state index in [4.69, 9.17) is 23.4 Å². The molecule has 2 aliphatic rings. The fourth-order valence-electron chi connectivity index (χ4n) is 4.63. The molecule has 10 atom stereocenters. The number of hydrogen-bond acceptors (Lipinski definition) is 17. The third-order valence-corrected chi connectivity index (χ3v) is 7.02. The van der Waals surface area contributed by atoms with Crippen molar-refractivity contribution in [3.63, 3.8) is 0 Å². The summed E-state index contributed by atoms with van der Waals surface area (Å²) in [5.74, 6) is -3.45. The monoisotopic (exact) mass is 612 g/mol. The Morgan fingerprint density at radius 2 is 1.35 bits per heavy atom. The van der Waals surface area contributed by atoms with E-state index in [1.807, 2.05) is 0 Å². The Kier molecular flexibility index (Phi) is 8.38. The highest BCUT2D eigenvalue weighted by Gasteiger charge is 2.46. The molecule has 17 heteroatoms. The summed E-state index contributed by atoms with van der Waals surface area (Å²) >= 11 is 0. The van der Waals surface area contributed by atoms with E-state index in [0.717, 1.165) is 24.3 Å². The van der Waals surface area contributed by atoms with Crippen LogP contribution in [0.25, 0.3) is 22.3 Å². The predicted octanol–water partition coefficient (Wildman–Crippen LogP) is -3.11. The summed E-state index contributed by atoms with van der Waals surface area (Å²) in [5, 5.41) is 110. The van der Waals surface area contributed by atoms with Crippen molar-refractivity contribution in [3.05, 3.63) is 40.6 Å². The number of rotatable bonds is 6. The SMILES string of the molecule is O=c1c(O[C@H]2O[C@@H](O)[C@@H](O)[C@@H](O)[C@H]2O)c(-c2ccc(O)c(O)c2)oc2cc(O[C@@H]3O[C@H](CO)[C@@H](O)[C@H](O)[C@H]3O)cc(O)c12. The fourth-order valence-corrected chi connectivity index (χ4v) is 4.63. The van der Waals surface area contributed by atoms with E-state index in [0.29, 0.717) is 0 Å². The predicted molar refractivity (Wildman–Crippen MR) is 137 cm³/mol. The summed E-state index contributed by atoms with van der Waals surface area (Å²) in [7, 11) is 0. The number of aliphatic hydroxyl groups is 8. The Morgan fingerprint density at radius 3 is 2.00 bits per heavy atom. The summed E-state index contributed by atoms with van der Waals surface area (Å²) in [4.78, 5) is 13.7. The lowest BCUT2D eigenvalue weighted by molar-refractivity contribution is -0.321. The molecular formula is C26H28O17. The topological polar surface area (TPSA) is 290 Å². The van der Waals surface area contributed by atoms with Crippen molar-refractivity contribution in [1.29, 1.82) is 0 Å². The fraction of sp³-hybridized carbons (Fsp3) is 0.423. The van der Waals surface area contributed by atoms with Crippen LogP contribution in [-0.2, 0) is 9.47 Å². The largest absolute Gasteiger partial charge is 0.507 e. The average molecular weight is 612 g/mol. The lowest BCUT2D eigenvalue weighted by Gasteiger charge is -2.39. The molecule has 1 aromatic heterocycles. The van der Waals surface area contributed by atoms with Crippen molar-refractivity contribution in [3.8, 4) is 40.1 Å². The van der Waals surface area contributed by atoms with Gasteiger partial charge in [-0.2, -0.15) is 0 Å². The molecule has 0 aliphatic carbocycles. The van der Waals surface area contributed by atoms with Gasteiger partial charge in [0.15, 0.2) is 23.5 Å². The molecule has 17 nitrogen and oxygen atoms in total.